The molecule has 1 saturated heterocycles. The quantitative estimate of drug-likeness (QED) is 0.926. The third-order valence-electron chi connectivity index (χ3n) is 4.70. The van der Waals surface area contributed by atoms with Crippen LogP contribution in [-0.4, -0.2) is 49.2 Å². The molecule has 0 radical (unpaired) electrons. The van der Waals surface area contributed by atoms with Gasteiger partial charge in [0.15, 0.2) is 11.5 Å². The third kappa shape index (κ3) is 3.78. The molecule has 1 N–H and O–H groups in total. The van der Waals surface area contributed by atoms with Crippen molar-refractivity contribution in [1.82, 2.24) is 10.2 Å². The predicted molar refractivity (Wildman–Crippen MR) is 89.3 cm³/mol. The minimum atomic E-state index is -0.0629. The van der Waals surface area contributed by atoms with Gasteiger partial charge >= 0.3 is 0 Å². The van der Waals surface area contributed by atoms with Gasteiger partial charge in [-0.05, 0) is 58.0 Å². The van der Waals surface area contributed by atoms with Crippen LogP contribution in [0.4, 0.5) is 0 Å². The summed E-state index contributed by atoms with van der Waals surface area (Å²) in [5, 5.41) is 3.07. The first-order valence-corrected chi connectivity index (χ1v) is 8.49. The Hall–Kier alpha value is -1.75. The van der Waals surface area contributed by atoms with Crippen molar-refractivity contribution in [1.29, 1.82) is 0 Å². The molecule has 0 aliphatic carbocycles. The van der Waals surface area contributed by atoms with Gasteiger partial charge in [0.05, 0.1) is 0 Å². The van der Waals surface area contributed by atoms with Gasteiger partial charge in [-0.2, -0.15) is 0 Å². The molecule has 2 aliphatic heterocycles. The van der Waals surface area contributed by atoms with E-state index in [1.54, 1.807) is 18.2 Å². The number of carbonyl (C=O) groups excluding carboxylic acids is 1. The second-order valence-electron chi connectivity index (χ2n) is 6.90. The molecule has 2 heterocycles. The first-order chi connectivity index (χ1) is 11.1. The molecule has 0 bridgehead atoms. The summed E-state index contributed by atoms with van der Waals surface area (Å²) >= 11 is 0. The molecule has 2 aliphatic rings. The molecular weight excluding hydrogens is 292 g/mol. The predicted octanol–water partition coefficient (Wildman–Crippen LogP) is 2.45. The minimum Gasteiger partial charge on any atom is -0.486 e. The maximum Gasteiger partial charge on any atom is 0.251 e. The van der Waals surface area contributed by atoms with Crippen LogP contribution < -0.4 is 14.8 Å². The van der Waals surface area contributed by atoms with Crippen molar-refractivity contribution in [3.05, 3.63) is 23.8 Å². The van der Waals surface area contributed by atoms with Crippen molar-refractivity contribution in [2.45, 2.75) is 38.6 Å². The van der Waals surface area contributed by atoms with E-state index in [0.29, 0.717) is 36.8 Å². The number of hydrogen-bond donors (Lipinski definition) is 1. The van der Waals surface area contributed by atoms with Crippen molar-refractivity contribution in [2.24, 2.45) is 0 Å². The molecule has 0 unspecified atom stereocenters. The number of fused-ring (bicyclic) bond motifs is 1. The molecule has 0 saturated carbocycles. The highest BCUT2D eigenvalue weighted by atomic mass is 16.6. The Morgan fingerprint density at radius 3 is 2.57 bits per heavy atom. The lowest BCUT2D eigenvalue weighted by atomic mass is 9.98. The van der Waals surface area contributed by atoms with E-state index in [9.17, 15) is 4.79 Å². The van der Waals surface area contributed by atoms with Gasteiger partial charge in [-0.15, -0.1) is 0 Å². The zero-order chi connectivity index (χ0) is 16.3. The van der Waals surface area contributed by atoms with Crippen LogP contribution in [0.3, 0.4) is 0 Å². The fourth-order valence-corrected chi connectivity index (χ4v) is 3.19. The van der Waals surface area contributed by atoms with Crippen LogP contribution >= 0.6 is 0 Å². The van der Waals surface area contributed by atoms with Crippen LogP contribution in [0.1, 0.15) is 43.5 Å². The zero-order valence-corrected chi connectivity index (χ0v) is 14.1. The largest absolute Gasteiger partial charge is 0.486 e. The molecule has 1 aromatic rings. The number of nitrogens with one attached hydrogen (secondary N) is 1. The van der Waals surface area contributed by atoms with Crippen LogP contribution in [0.15, 0.2) is 18.2 Å². The summed E-state index contributed by atoms with van der Waals surface area (Å²) in [6, 6.07) is 5.35. The molecule has 1 amide bonds. The monoisotopic (exact) mass is 318 g/mol. The smallest absolute Gasteiger partial charge is 0.251 e. The highest BCUT2D eigenvalue weighted by molar-refractivity contribution is 5.94. The number of ether oxygens (including phenoxy) is 2. The Bertz CT molecular complexity index is 565. The Morgan fingerprint density at radius 1 is 1.13 bits per heavy atom. The molecule has 3 rings (SSSR count). The number of nitrogens with zero attached hydrogens (tertiary/aromatic N) is 1. The van der Waals surface area contributed by atoms with Gasteiger partial charge in [0, 0.05) is 17.6 Å². The normalized spacial score (nSPS) is 18.5. The number of benzene rings is 1. The molecule has 0 spiro atoms. The SMILES string of the molecule is CC(C)(CNC(=O)c1ccc2c(c1)OCCO2)N1CCCCC1. The first-order valence-electron chi connectivity index (χ1n) is 8.49. The van der Waals surface area contributed by atoms with Crippen LogP contribution in [-0.2, 0) is 0 Å². The average Bonchev–Trinajstić information content (AvgIpc) is 2.60. The maximum absolute atomic E-state index is 12.4. The fraction of sp³-hybridized carbons (Fsp3) is 0.611. The molecular formula is C18H26N2O3. The van der Waals surface area contributed by atoms with Gasteiger partial charge in [-0.25, -0.2) is 0 Å². The lowest BCUT2D eigenvalue weighted by Gasteiger charge is -2.41. The molecule has 1 fully saturated rings. The van der Waals surface area contributed by atoms with Crippen molar-refractivity contribution in [3.63, 3.8) is 0 Å². The van der Waals surface area contributed by atoms with E-state index in [0.717, 1.165) is 13.1 Å². The molecule has 0 aromatic heterocycles. The van der Waals surface area contributed by atoms with Crippen LogP contribution in [0.25, 0.3) is 0 Å². The standard InChI is InChI=1S/C18H26N2O3/c1-18(2,20-8-4-3-5-9-20)13-19-17(21)14-6-7-15-16(12-14)23-11-10-22-15/h6-7,12H,3-5,8-11,13H2,1-2H3,(H,19,21). The van der Waals surface area contributed by atoms with Gasteiger partial charge in [0.2, 0.25) is 0 Å². The second-order valence-corrected chi connectivity index (χ2v) is 6.90. The summed E-state index contributed by atoms with van der Waals surface area (Å²) in [5.41, 5.74) is 0.591. The third-order valence-corrected chi connectivity index (χ3v) is 4.70. The van der Waals surface area contributed by atoms with Gasteiger partial charge in [0.25, 0.3) is 5.91 Å². The zero-order valence-electron chi connectivity index (χ0n) is 14.1. The molecule has 5 heteroatoms. The number of carbonyl (C=O) groups is 1. The molecule has 0 atom stereocenters. The number of likely N-dealkylation sites (tertiary alicyclic amines) is 1. The van der Waals surface area contributed by atoms with Gasteiger partial charge in [-0.3, -0.25) is 9.69 Å². The fourth-order valence-electron chi connectivity index (χ4n) is 3.19. The summed E-state index contributed by atoms with van der Waals surface area (Å²) < 4.78 is 11.0. The van der Waals surface area contributed by atoms with Gasteiger partial charge in [0.1, 0.15) is 13.2 Å². The van der Waals surface area contributed by atoms with E-state index in [4.69, 9.17) is 9.47 Å². The number of rotatable bonds is 4. The van der Waals surface area contributed by atoms with Crippen molar-refractivity contribution in [2.75, 3.05) is 32.8 Å². The van der Waals surface area contributed by atoms with E-state index in [-0.39, 0.29) is 11.4 Å². The van der Waals surface area contributed by atoms with Crippen LogP contribution in [0.5, 0.6) is 11.5 Å². The summed E-state index contributed by atoms with van der Waals surface area (Å²) in [4.78, 5) is 14.9. The first kappa shape index (κ1) is 16.1. The van der Waals surface area contributed by atoms with E-state index >= 15 is 0 Å². The lowest BCUT2D eigenvalue weighted by molar-refractivity contribution is 0.0797. The topological polar surface area (TPSA) is 50.8 Å². The Balaban J connectivity index is 1.60. The van der Waals surface area contributed by atoms with E-state index in [1.807, 2.05) is 0 Å². The molecule has 5 nitrogen and oxygen atoms in total. The number of amides is 1. The lowest BCUT2D eigenvalue weighted by Crippen LogP contribution is -2.53. The highest BCUT2D eigenvalue weighted by Crippen LogP contribution is 2.30. The second kappa shape index (κ2) is 6.79. The number of hydrogen-bond acceptors (Lipinski definition) is 4. The van der Waals surface area contributed by atoms with Gasteiger partial charge < -0.3 is 14.8 Å². The van der Waals surface area contributed by atoms with Crippen LogP contribution in [0.2, 0.25) is 0 Å². The van der Waals surface area contributed by atoms with Gasteiger partial charge in [-0.1, -0.05) is 6.42 Å². The van der Waals surface area contributed by atoms with Crippen LogP contribution in [0, 0.1) is 0 Å². The minimum absolute atomic E-state index is 0.0239. The summed E-state index contributed by atoms with van der Waals surface area (Å²) in [6.45, 7) is 8.35. The maximum atomic E-state index is 12.4. The summed E-state index contributed by atoms with van der Waals surface area (Å²) in [5.74, 6) is 1.30. The Labute approximate surface area is 137 Å². The van der Waals surface area contributed by atoms with E-state index in [1.165, 1.54) is 19.3 Å². The average molecular weight is 318 g/mol. The van der Waals surface area contributed by atoms with Crippen molar-refractivity contribution >= 4 is 5.91 Å². The van der Waals surface area contributed by atoms with Crippen molar-refractivity contribution < 1.29 is 14.3 Å². The number of piperidine rings is 1. The van der Waals surface area contributed by atoms with Crippen molar-refractivity contribution in [3.8, 4) is 11.5 Å². The Morgan fingerprint density at radius 2 is 1.83 bits per heavy atom. The molecule has 23 heavy (non-hydrogen) atoms. The molecule has 1 aromatic carbocycles. The Kier molecular flexibility index (Phi) is 4.76. The summed E-state index contributed by atoms with van der Waals surface area (Å²) in [6.07, 6.45) is 3.81. The van der Waals surface area contributed by atoms with E-state index in [2.05, 4.69) is 24.1 Å². The summed E-state index contributed by atoms with van der Waals surface area (Å²) in [7, 11) is 0. The van der Waals surface area contributed by atoms with E-state index < -0.39 is 0 Å². The highest BCUT2D eigenvalue weighted by Gasteiger charge is 2.28. The molecule has 126 valence electrons.